The van der Waals surface area contributed by atoms with Crippen molar-refractivity contribution in [3.8, 4) is 0 Å². The van der Waals surface area contributed by atoms with Gasteiger partial charge in [0.05, 0.1) is 13.2 Å². The first kappa shape index (κ1) is 24.4. The molecule has 6 heteroatoms. The number of hydrogen-bond acceptors (Lipinski definition) is 4. The summed E-state index contributed by atoms with van der Waals surface area (Å²) >= 11 is 0. The van der Waals surface area contributed by atoms with Gasteiger partial charge in [-0.3, -0.25) is 9.59 Å². The smallest absolute Gasteiger partial charge is 0.328 e. The van der Waals surface area contributed by atoms with Crippen molar-refractivity contribution in [1.29, 1.82) is 0 Å². The summed E-state index contributed by atoms with van der Waals surface area (Å²) in [6.45, 7) is 5.60. The maximum Gasteiger partial charge on any atom is 0.328 e. The van der Waals surface area contributed by atoms with Crippen LogP contribution in [0.5, 0.6) is 0 Å². The van der Waals surface area contributed by atoms with Crippen molar-refractivity contribution in [2.45, 2.75) is 70.4 Å². The quantitative estimate of drug-likeness (QED) is 0.281. The second-order valence-corrected chi connectivity index (χ2v) is 7.12. The molecule has 0 aliphatic heterocycles. The molecule has 0 heterocycles. The summed E-state index contributed by atoms with van der Waals surface area (Å²) in [6.07, 6.45) is 7.46. The Morgan fingerprint density at radius 1 is 1.00 bits per heavy atom. The number of ether oxygens (including phenoxy) is 1. The molecule has 0 unspecified atom stereocenters. The Morgan fingerprint density at radius 3 is 2.24 bits per heavy atom. The molecule has 0 aliphatic rings. The number of benzene rings is 1. The highest BCUT2D eigenvalue weighted by molar-refractivity contribution is 5.87. The molecular formula is C23H34N2O4. The van der Waals surface area contributed by atoms with E-state index in [0.29, 0.717) is 6.42 Å². The molecule has 2 atom stereocenters. The lowest BCUT2D eigenvalue weighted by Gasteiger charge is -2.17. The van der Waals surface area contributed by atoms with Crippen LogP contribution in [-0.4, -0.2) is 30.9 Å². The zero-order chi connectivity index (χ0) is 21.5. The zero-order valence-electron chi connectivity index (χ0n) is 17.6. The first-order valence-corrected chi connectivity index (χ1v) is 10.3. The van der Waals surface area contributed by atoms with Crippen LogP contribution in [0.25, 0.3) is 0 Å². The molecule has 2 N–H and O–H groups in total. The third-order valence-corrected chi connectivity index (χ3v) is 4.73. The highest BCUT2D eigenvalue weighted by Crippen LogP contribution is 2.12. The highest BCUT2D eigenvalue weighted by Gasteiger charge is 2.21. The zero-order valence-corrected chi connectivity index (χ0v) is 17.6. The molecule has 1 aromatic carbocycles. The molecule has 0 spiro atoms. The Balaban J connectivity index is 2.36. The number of methoxy groups -OCH3 is 1. The molecule has 0 saturated heterocycles. The maximum absolute atomic E-state index is 12.2. The number of rotatable bonds is 14. The summed E-state index contributed by atoms with van der Waals surface area (Å²) in [5.74, 6) is -0.977. The molecule has 6 nitrogen and oxygen atoms in total. The van der Waals surface area contributed by atoms with Crippen LogP contribution < -0.4 is 10.6 Å². The van der Waals surface area contributed by atoms with Crippen LogP contribution in [-0.2, 0) is 19.1 Å². The van der Waals surface area contributed by atoms with Crippen molar-refractivity contribution in [3.63, 3.8) is 0 Å². The van der Waals surface area contributed by atoms with Gasteiger partial charge in [-0.2, -0.15) is 0 Å². The Labute approximate surface area is 174 Å². The monoisotopic (exact) mass is 402 g/mol. The lowest BCUT2D eigenvalue weighted by atomic mass is 10.1. The van der Waals surface area contributed by atoms with E-state index in [1.807, 2.05) is 43.3 Å². The van der Waals surface area contributed by atoms with Crippen molar-refractivity contribution in [2.24, 2.45) is 0 Å². The predicted molar refractivity (Wildman–Crippen MR) is 114 cm³/mol. The minimum Gasteiger partial charge on any atom is -0.467 e. The molecule has 0 bridgehead atoms. The van der Waals surface area contributed by atoms with Crippen LogP contribution >= 0.6 is 0 Å². The highest BCUT2D eigenvalue weighted by atomic mass is 16.5. The van der Waals surface area contributed by atoms with E-state index in [-0.39, 0.29) is 30.7 Å². The molecule has 0 fully saturated rings. The fourth-order valence-corrected chi connectivity index (χ4v) is 3.01. The molecule has 2 amide bonds. The fraction of sp³-hybridized carbons (Fsp3) is 0.522. The fourth-order valence-electron chi connectivity index (χ4n) is 3.01. The Bertz CT molecular complexity index is 646. The van der Waals surface area contributed by atoms with Crippen molar-refractivity contribution >= 4 is 17.8 Å². The molecule has 29 heavy (non-hydrogen) atoms. The average Bonchev–Trinajstić information content (AvgIpc) is 2.73. The summed E-state index contributed by atoms with van der Waals surface area (Å²) in [7, 11) is 1.31. The van der Waals surface area contributed by atoms with Gasteiger partial charge in [0.1, 0.15) is 6.04 Å². The summed E-state index contributed by atoms with van der Waals surface area (Å²) in [4.78, 5) is 36.2. The second-order valence-electron chi connectivity index (χ2n) is 7.12. The van der Waals surface area contributed by atoms with Gasteiger partial charge in [-0.15, -0.1) is 6.58 Å². The van der Waals surface area contributed by atoms with Gasteiger partial charge in [-0.05, 0) is 31.7 Å². The van der Waals surface area contributed by atoms with Crippen LogP contribution in [0.1, 0.15) is 69.9 Å². The second kappa shape index (κ2) is 14.4. The Morgan fingerprint density at radius 2 is 1.62 bits per heavy atom. The first-order chi connectivity index (χ1) is 14.0. The van der Waals surface area contributed by atoms with E-state index in [0.717, 1.165) is 37.7 Å². The van der Waals surface area contributed by atoms with E-state index in [9.17, 15) is 14.4 Å². The number of esters is 1. The molecule has 0 aromatic heterocycles. The summed E-state index contributed by atoms with van der Waals surface area (Å²) in [5, 5.41) is 5.58. The van der Waals surface area contributed by atoms with Gasteiger partial charge >= 0.3 is 5.97 Å². The van der Waals surface area contributed by atoms with E-state index in [4.69, 9.17) is 4.74 Å². The van der Waals surface area contributed by atoms with Gasteiger partial charge in [0.25, 0.3) is 0 Å². The summed E-state index contributed by atoms with van der Waals surface area (Å²) in [6, 6.07) is 8.83. The topological polar surface area (TPSA) is 84.5 Å². The predicted octanol–water partition coefficient (Wildman–Crippen LogP) is 3.83. The molecule has 1 rings (SSSR count). The van der Waals surface area contributed by atoms with Crippen molar-refractivity contribution in [2.75, 3.05) is 7.11 Å². The number of hydrogen-bond donors (Lipinski definition) is 2. The number of amides is 2. The maximum atomic E-state index is 12.2. The summed E-state index contributed by atoms with van der Waals surface area (Å²) in [5.41, 5.74) is 1.00. The van der Waals surface area contributed by atoms with Crippen LogP contribution in [0.4, 0.5) is 0 Å². The average molecular weight is 403 g/mol. The SMILES string of the molecule is C=CCCCCCC[C@H](NC(=O)CCC(=O)N[C@H](C)c1ccccc1)C(=O)OC. The lowest BCUT2D eigenvalue weighted by molar-refractivity contribution is -0.145. The van der Waals surface area contributed by atoms with Crippen molar-refractivity contribution in [1.82, 2.24) is 10.6 Å². The van der Waals surface area contributed by atoms with Crippen molar-refractivity contribution in [3.05, 3.63) is 48.6 Å². The van der Waals surface area contributed by atoms with Crippen LogP contribution in [0, 0.1) is 0 Å². The number of carbonyl (C=O) groups excluding carboxylic acids is 3. The van der Waals surface area contributed by atoms with Crippen LogP contribution in [0.2, 0.25) is 0 Å². The Kier molecular flexibility index (Phi) is 12.1. The number of unbranched alkanes of at least 4 members (excludes halogenated alkanes) is 4. The minimum absolute atomic E-state index is 0.0279. The molecule has 160 valence electrons. The number of nitrogens with one attached hydrogen (secondary N) is 2. The molecule has 1 aromatic rings. The summed E-state index contributed by atoms with van der Waals surface area (Å²) < 4.78 is 4.79. The Hall–Kier alpha value is -2.63. The third-order valence-electron chi connectivity index (χ3n) is 4.73. The molecule has 0 radical (unpaired) electrons. The molecule has 0 aliphatic carbocycles. The first-order valence-electron chi connectivity index (χ1n) is 10.3. The third kappa shape index (κ3) is 10.5. The minimum atomic E-state index is -0.668. The molecular weight excluding hydrogens is 368 g/mol. The van der Waals surface area contributed by atoms with Gasteiger partial charge < -0.3 is 15.4 Å². The van der Waals surface area contributed by atoms with Crippen molar-refractivity contribution < 1.29 is 19.1 Å². The van der Waals surface area contributed by atoms with Gasteiger partial charge in [0.15, 0.2) is 0 Å². The van der Waals surface area contributed by atoms with Gasteiger partial charge in [0.2, 0.25) is 11.8 Å². The van der Waals surface area contributed by atoms with Gasteiger partial charge in [0, 0.05) is 12.8 Å². The van der Waals surface area contributed by atoms with Gasteiger partial charge in [-0.25, -0.2) is 4.79 Å². The normalized spacial score (nSPS) is 12.5. The molecule has 0 saturated carbocycles. The van der Waals surface area contributed by atoms with E-state index < -0.39 is 12.0 Å². The largest absolute Gasteiger partial charge is 0.467 e. The van der Waals surface area contributed by atoms with Crippen LogP contribution in [0.15, 0.2) is 43.0 Å². The van der Waals surface area contributed by atoms with E-state index in [1.54, 1.807) is 0 Å². The number of carbonyl (C=O) groups is 3. The van der Waals surface area contributed by atoms with Gasteiger partial charge in [-0.1, -0.05) is 55.7 Å². The van der Waals surface area contributed by atoms with E-state index >= 15 is 0 Å². The van der Waals surface area contributed by atoms with E-state index in [1.165, 1.54) is 7.11 Å². The standard InChI is InChI=1S/C23H34N2O4/c1-4-5-6-7-8-12-15-20(23(28)29-3)25-22(27)17-16-21(26)24-18(2)19-13-10-9-11-14-19/h4,9-11,13-14,18,20H,1,5-8,12,15-17H2,2-3H3,(H,24,26)(H,25,27)/t18-,20+/m1/s1. The lowest BCUT2D eigenvalue weighted by Crippen LogP contribution is -2.41. The van der Waals surface area contributed by atoms with Crippen LogP contribution in [0.3, 0.4) is 0 Å². The van der Waals surface area contributed by atoms with E-state index in [2.05, 4.69) is 17.2 Å². The number of allylic oxidation sites excluding steroid dienone is 1.